The van der Waals surface area contributed by atoms with Gasteiger partial charge in [0, 0.05) is 19.2 Å². The lowest BCUT2D eigenvalue weighted by molar-refractivity contribution is -0.388. The maximum absolute atomic E-state index is 12.4. The van der Waals surface area contributed by atoms with Gasteiger partial charge in [-0.3, -0.25) is 10.1 Å². The maximum Gasteiger partial charge on any atom is 0.307 e. The SMILES string of the molecule is C=CCN(CC=C)S(=O)(=O)c1cc(N)ncc1[N+](=O)[O-]. The van der Waals surface area contributed by atoms with E-state index in [0.717, 1.165) is 16.6 Å². The molecule has 0 saturated heterocycles. The summed E-state index contributed by atoms with van der Waals surface area (Å²) in [5.41, 5.74) is 4.79. The molecule has 0 unspecified atom stereocenters. The van der Waals surface area contributed by atoms with E-state index in [9.17, 15) is 18.5 Å². The van der Waals surface area contributed by atoms with Crippen molar-refractivity contribution in [1.29, 1.82) is 0 Å². The fraction of sp³-hybridized carbons (Fsp3) is 0.182. The molecule has 1 rings (SSSR count). The Labute approximate surface area is 116 Å². The van der Waals surface area contributed by atoms with E-state index >= 15 is 0 Å². The van der Waals surface area contributed by atoms with Gasteiger partial charge in [0.2, 0.25) is 0 Å². The fourth-order valence-electron chi connectivity index (χ4n) is 1.49. The zero-order valence-corrected chi connectivity index (χ0v) is 11.4. The third-order valence-corrected chi connectivity index (χ3v) is 4.21. The van der Waals surface area contributed by atoms with Gasteiger partial charge in [0.15, 0.2) is 4.90 Å². The first-order valence-corrected chi connectivity index (χ1v) is 6.90. The van der Waals surface area contributed by atoms with E-state index in [4.69, 9.17) is 5.73 Å². The molecule has 1 aromatic rings. The first kappa shape index (κ1) is 15.8. The van der Waals surface area contributed by atoms with Crippen molar-refractivity contribution in [2.45, 2.75) is 4.90 Å². The minimum absolute atomic E-state index is 0.00622. The smallest absolute Gasteiger partial charge is 0.307 e. The van der Waals surface area contributed by atoms with Crippen LogP contribution in [0.1, 0.15) is 0 Å². The highest BCUT2D eigenvalue weighted by atomic mass is 32.2. The second kappa shape index (κ2) is 6.26. The van der Waals surface area contributed by atoms with Crippen LogP contribution in [0.2, 0.25) is 0 Å². The molecule has 0 amide bonds. The van der Waals surface area contributed by atoms with Crippen molar-refractivity contribution in [3.8, 4) is 0 Å². The van der Waals surface area contributed by atoms with E-state index in [1.54, 1.807) is 0 Å². The summed E-state index contributed by atoms with van der Waals surface area (Å²) in [6.45, 7) is 6.89. The molecular formula is C11H14N4O4S. The molecule has 0 spiro atoms. The number of anilines is 1. The van der Waals surface area contributed by atoms with E-state index in [0.29, 0.717) is 0 Å². The molecule has 0 saturated carbocycles. The highest BCUT2D eigenvalue weighted by molar-refractivity contribution is 7.89. The number of hydrogen-bond donors (Lipinski definition) is 1. The molecular weight excluding hydrogens is 284 g/mol. The molecule has 0 fully saturated rings. The van der Waals surface area contributed by atoms with Crippen LogP contribution in [-0.2, 0) is 10.0 Å². The fourth-order valence-corrected chi connectivity index (χ4v) is 3.03. The van der Waals surface area contributed by atoms with Gasteiger partial charge in [0.25, 0.3) is 10.0 Å². The van der Waals surface area contributed by atoms with Crippen molar-refractivity contribution in [1.82, 2.24) is 9.29 Å². The normalized spacial score (nSPS) is 11.2. The number of hydrogen-bond acceptors (Lipinski definition) is 6. The Bertz CT molecular complexity index is 632. The summed E-state index contributed by atoms with van der Waals surface area (Å²) < 4.78 is 25.9. The molecule has 0 aliphatic carbocycles. The van der Waals surface area contributed by atoms with Gasteiger partial charge in [-0.25, -0.2) is 13.4 Å². The number of pyridine rings is 1. The number of rotatable bonds is 7. The molecule has 0 atom stereocenters. The maximum atomic E-state index is 12.4. The van der Waals surface area contributed by atoms with Gasteiger partial charge in [-0.1, -0.05) is 12.2 Å². The van der Waals surface area contributed by atoms with E-state index in [-0.39, 0.29) is 18.9 Å². The molecule has 0 aromatic carbocycles. The van der Waals surface area contributed by atoms with Crippen LogP contribution in [0, 0.1) is 10.1 Å². The molecule has 20 heavy (non-hydrogen) atoms. The number of sulfonamides is 1. The molecule has 1 heterocycles. The van der Waals surface area contributed by atoms with Gasteiger partial charge in [-0.05, 0) is 0 Å². The van der Waals surface area contributed by atoms with Gasteiger partial charge >= 0.3 is 5.69 Å². The van der Waals surface area contributed by atoms with Crippen molar-refractivity contribution in [2.24, 2.45) is 0 Å². The van der Waals surface area contributed by atoms with Gasteiger partial charge in [-0.2, -0.15) is 4.31 Å². The first-order valence-electron chi connectivity index (χ1n) is 5.46. The summed E-state index contributed by atoms with van der Waals surface area (Å²) in [5, 5.41) is 10.9. The van der Waals surface area contributed by atoms with Crippen LogP contribution in [0.15, 0.2) is 42.5 Å². The summed E-state index contributed by atoms with van der Waals surface area (Å²) in [6, 6.07) is 0.965. The second-order valence-corrected chi connectivity index (χ2v) is 5.64. The van der Waals surface area contributed by atoms with Crippen molar-refractivity contribution in [3.05, 3.63) is 47.7 Å². The summed E-state index contributed by atoms with van der Waals surface area (Å²) in [4.78, 5) is 13.1. The van der Waals surface area contributed by atoms with Crippen molar-refractivity contribution >= 4 is 21.5 Å². The van der Waals surface area contributed by atoms with Crippen LogP contribution in [-0.4, -0.2) is 35.7 Å². The average molecular weight is 298 g/mol. The summed E-state index contributed by atoms with van der Waals surface area (Å²) in [7, 11) is -4.09. The minimum Gasteiger partial charge on any atom is -0.384 e. The van der Waals surface area contributed by atoms with Crippen LogP contribution in [0.5, 0.6) is 0 Å². The highest BCUT2D eigenvalue weighted by Gasteiger charge is 2.31. The first-order chi connectivity index (χ1) is 9.34. The third-order valence-electron chi connectivity index (χ3n) is 2.35. The van der Waals surface area contributed by atoms with Crippen LogP contribution in [0.4, 0.5) is 11.5 Å². The molecule has 0 bridgehead atoms. The Kier molecular flexibility index (Phi) is 4.94. The van der Waals surface area contributed by atoms with Crippen LogP contribution in [0.3, 0.4) is 0 Å². The zero-order chi connectivity index (χ0) is 15.3. The van der Waals surface area contributed by atoms with Crippen molar-refractivity contribution in [2.75, 3.05) is 18.8 Å². The third kappa shape index (κ3) is 3.19. The number of nitrogen functional groups attached to an aromatic ring is 1. The molecule has 0 aliphatic heterocycles. The lowest BCUT2D eigenvalue weighted by atomic mass is 10.4. The molecule has 0 radical (unpaired) electrons. The lowest BCUT2D eigenvalue weighted by Gasteiger charge is -2.18. The van der Waals surface area contributed by atoms with E-state index in [2.05, 4.69) is 18.1 Å². The second-order valence-electron chi connectivity index (χ2n) is 3.73. The number of aromatic nitrogens is 1. The van der Waals surface area contributed by atoms with E-state index in [1.165, 1.54) is 12.2 Å². The van der Waals surface area contributed by atoms with E-state index in [1.807, 2.05) is 0 Å². The van der Waals surface area contributed by atoms with Crippen molar-refractivity contribution < 1.29 is 13.3 Å². The summed E-state index contributed by atoms with van der Waals surface area (Å²) in [5.74, 6) is -0.119. The monoisotopic (exact) mass is 298 g/mol. The Hall–Kier alpha value is -2.26. The van der Waals surface area contributed by atoms with Gasteiger partial charge in [0.05, 0.1) is 4.92 Å². The number of nitro groups is 1. The molecule has 9 heteroatoms. The molecule has 0 aliphatic rings. The lowest BCUT2D eigenvalue weighted by Crippen LogP contribution is -2.32. The standard InChI is InChI=1S/C11H14N4O4S/c1-3-5-14(6-4-2)20(18,19)10-7-11(12)13-8-9(10)15(16)17/h3-4,7-8H,1-2,5-6H2,(H2,12,13). The van der Waals surface area contributed by atoms with Gasteiger partial charge in [0.1, 0.15) is 12.0 Å². The Morgan fingerprint density at radius 1 is 1.40 bits per heavy atom. The van der Waals surface area contributed by atoms with Crippen LogP contribution >= 0.6 is 0 Å². The summed E-state index contributed by atoms with van der Waals surface area (Å²) >= 11 is 0. The van der Waals surface area contributed by atoms with Gasteiger partial charge in [-0.15, -0.1) is 13.2 Å². The van der Waals surface area contributed by atoms with Crippen LogP contribution in [0.25, 0.3) is 0 Å². The average Bonchev–Trinajstić information content (AvgIpc) is 2.38. The van der Waals surface area contributed by atoms with Gasteiger partial charge < -0.3 is 5.73 Å². The number of nitrogens with zero attached hydrogens (tertiary/aromatic N) is 3. The molecule has 108 valence electrons. The quantitative estimate of drug-likeness (QED) is 0.454. The molecule has 1 aromatic heterocycles. The topological polar surface area (TPSA) is 119 Å². The predicted molar refractivity (Wildman–Crippen MR) is 74.5 cm³/mol. The highest BCUT2D eigenvalue weighted by Crippen LogP contribution is 2.27. The Morgan fingerprint density at radius 2 is 1.95 bits per heavy atom. The van der Waals surface area contributed by atoms with E-state index < -0.39 is 25.5 Å². The predicted octanol–water partition coefficient (Wildman–Crippen LogP) is 0.935. The Balaban J connectivity index is 3.46. The zero-order valence-electron chi connectivity index (χ0n) is 10.6. The largest absolute Gasteiger partial charge is 0.384 e. The Morgan fingerprint density at radius 3 is 2.40 bits per heavy atom. The minimum atomic E-state index is -4.09. The van der Waals surface area contributed by atoms with Crippen molar-refractivity contribution in [3.63, 3.8) is 0 Å². The summed E-state index contributed by atoms with van der Waals surface area (Å²) in [6.07, 6.45) is 3.57. The molecule has 8 nitrogen and oxygen atoms in total. The number of nitrogens with two attached hydrogens (primary N) is 1. The van der Waals surface area contributed by atoms with Crippen LogP contribution < -0.4 is 5.73 Å². The molecule has 2 N–H and O–H groups in total.